The fourth-order valence-corrected chi connectivity index (χ4v) is 4.04. The molecule has 0 saturated carbocycles. The number of carbonyl (C=O) groups is 2. The number of anilines is 1. The fraction of sp³-hybridized carbons (Fsp3) is 0.476. The van der Waals surface area contributed by atoms with Crippen LogP contribution in [0.3, 0.4) is 0 Å². The number of hydrogen-bond donors (Lipinski definition) is 1. The van der Waals surface area contributed by atoms with Crippen molar-refractivity contribution in [3.8, 4) is 0 Å². The van der Waals surface area contributed by atoms with Crippen molar-refractivity contribution in [3.63, 3.8) is 0 Å². The van der Waals surface area contributed by atoms with Gasteiger partial charge in [0.2, 0.25) is 0 Å². The summed E-state index contributed by atoms with van der Waals surface area (Å²) in [5.41, 5.74) is 3.13. The molecule has 1 aromatic heterocycles. The second-order valence-corrected chi connectivity index (χ2v) is 7.52. The smallest absolute Gasteiger partial charge is 0.289 e. The first-order chi connectivity index (χ1) is 13.1. The maximum atomic E-state index is 13.0. The van der Waals surface area contributed by atoms with E-state index in [2.05, 4.69) is 10.3 Å². The van der Waals surface area contributed by atoms with Crippen molar-refractivity contribution in [2.45, 2.75) is 52.0 Å². The number of fused-ring (bicyclic) bond motifs is 1. The summed E-state index contributed by atoms with van der Waals surface area (Å²) in [5.74, 6) is 0.164. The molecule has 1 saturated heterocycles. The highest BCUT2D eigenvalue weighted by Gasteiger charge is 2.30. The molecule has 3 heterocycles. The first-order valence-electron chi connectivity index (χ1n) is 9.90. The molecule has 0 spiro atoms. The Morgan fingerprint density at radius 1 is 1.04 bits per heavy atom. The maximum absolute atomic E-state index is 13.0. The number of nitrogens with zero attached hydrogens (tertiary/aromatic N) is 3. The van der Waals surface area contributed by atoms with Gasteiger partial charge >= 0.3 is 0 Å². The third kappa shape index (κ3) is 3.61. The van der Waals surface area contributed by atoms with Crippen LogP contribution in [0.25, 0.3) is 0 Å². The minimum absolute atomic E-state index is 0.0348. The normalized spacial score (nSPS) is 16.7. The monoisotopic (exact) mass is 366 g/mol. The molecule has 6 heteroatoms. The van der Waals surface area contributed by atoms with E-state index in [-0.39, 0.29) is 11.8 Å². The Morgan fingerprint density at radius 3 is 2.59 bits per heavy atom. The van der Waals surface area contributed by atoms with Crippen LogP contribution in [0.2, 0.25) is 0 Å². The molecule has 2 amide bonds. The van der Waals surface area contributed by atoms with Crippen LogP contribution < -0.4 is 5.32 Å². The van der Waals surface area contributed by atoms with Gasteiger partial charge in [0.25, 0.3) is 11.8 Å². The second-order valence-electron chi connectivity index (χ2n) is 7.52. The van der Waals surface area contributed by atoms with Crippen LogP contribution in [0, 0.1) is 6.92 Å². The van der Waals surface area contributed by atoms with Crippen molar-refractivity contribution in [3.05, 3.63) is 47.0 Å². The highest BCUT2D eigenvalue weighted by atomic mass is 16.2. The number of piperidine rings is 1. The number of carbonyl (C=O) groups excluding carboxylic acids is 2. The van der Waals surface area contributed by atoms with Crippen LogP contribution in [0.4, 0.5) is 5.69 Å². The molecule has 0 atom stereocenters. The predicted molar refractivity (Wildman–Crippen MR) is 104 cm³/mol. The van der Waals surface area contributed by atoms with Crippen molar-refractivity contribution >= 4 is 17.5 Å². The number of aryl methyl sites for hydroxylation is 1. The molecule has 0 radical (unpaired) electrons. The highest BCUT2D eigenvalue weighted by Crippen LogP contribution is 2.24. The summed E-state index contributed by atoms with van der Waals surface area (Å²) in [4.78, 5) is 32.3. The Hall–Kier alpha value is -2.63. The van der Waals surface area contributed by atoms with Gasteiger partial charge in [0.15, 0.2) is 11.5 Å². The lowest BCUT2D eigenvalue weighted by Gasteiger charge is -2.27. The molecule has 0 unspecified atom stereocenters. The Labute approximate surface area is 159 Å². The molecule has 1 N–H and O–H groups in total. The predicted octanol–water partition coefficient (Wildman–Crippen LogP) is 3.41. The van der Waals surface area contributed by atoms with E-state index in [1.807, 2.05) is 40.7 Å². The number of amides is 2. The molecule has 4 rings (SSSR count). The maximum Gasteiger partial charge on any atom is 0.289 e. The molecule has 1 fully saturated rings. The van der Waals surface area contributed by atoms with Gasteiger partial charge in [-0.3, -0.25) is 9.59 Å². The van der Waals surface area contributed by atoms with Crippen LogP contribution in [-0.2, 0) is 13.0 Å². The Balaban J connectivity index is 1.63. The zero-order chi connectivity index (χ0) is 18.8. The number of likely N-dealkylation sites (tertiary alicyclic amines) is 1. The third-order valence-corrected chi connectivity index (χ3v) is 5.44. The van der Waals surface area contributed by atoms with Crippen LogP contribution >= 0.6 is 0 Å². The SMILES string of the molecule is Cc1cccc(NC(=O)c2nc(C(=O)N3CCCCC3)n3c2CCCC3)c1. The van der Waals surface area contributed by atoms with Gasteiger partial charge in [0.1, 0.15) is 0 Å². The summed E-state index contributed by atoms with van der Waals surface area (Å²) < 4.78 is 1.98. The van der Waals surface area contributed by atoms with Crippen molar-refractivity contribution in [1.82, 2.24) is 14.5 Å². The van der Waals surface area contributed by atoms with Crippen LogP contribution in [0.1, 0.15) is 64.5 Å². The summed E-state index contributed by atoms with van der Waals surface area (Å²) in [7, 11) is 0. The van der Waals surface area contributed by atoms with Gasteiger partial charge in [-0.1, -0.05) is 12.1 Å². The van der Waals surface area contributed by atoms with E-state index in [1.165, 1.54) is 6.42 Å². The van der Waals surface area contributed by atoms with Gasteiger partial charge in [-0.2, -0.15) is 0 Å². The number of aromatic nitrogens is 2. The molecular weight excluding hydrogens is 340 g/mol. The van der Waals surface area contributed by atoms with Crippen molar-refractivity contribution in [2.24, 2.45) is 0 Å². The summed E-state index contributed by atoms with van der Waals surface area (Å²) in [5, 5.41) is 2.94. The topological polar surface area (TPSA) is 67.2 Å². The van der Waals surface area contributed by atoms with Gasteiger partial charge < -0.3 is 14.8 Å². The fourth-order valence-electron chi connectivity index (χ4n) is 4.04. The van der Waals surface area contributed by atoms with E-state index in [0.717, 1.165) is 68.7 Å². The molecule has 27 heavy (non-hydrogen) atoms. The van der Waals surface area contributed by atoms with Gasteiger partial charge in [-0.25, -0.2) is 4.98 Å². The van der Waals surface area contributed by atoms with Crippen LogP contribution in [0.5, 0.6) is 0 Å². The zero-order valence-electron chi connectivity index (χ0n) is 15.8. The lowest BCUT2D eigenvalue weighted by Crippen LogP contribution is -2.37. The van der Waals surface area contributed by atoms with Crippen LogP contribution in [0.15, 0.2) is 24.3 Å². The van der Waals surface area contributed by atoms with Crippen molar-refractivity contribution in [1.29, 1.82) is 0 Å². The molecule has 2 aliphatic heterocycles. The number of hydrogen-bond acceptors (Lipinski definition) is 3. The number of imidazole rings is 1. The van der Waals surface area contributed by atoms with E-state index in [1.54, 1.807) is 0 Å². The molecule has 0 aliphatic carbocycles. The Morgan fingerprint density at radius 2 is 1.81 bits per heavy atom. The minimum Gasteiger partial charge on any atom is -0.336 e. The van der Waals surface area contributed by atoms with E-state index < -0.39 is 0 Å². The van der Waals surface area contributed by atoms with Gasteiger partial charge in [-0.15, -0.1) is 0 Å². The lowest BCUT2D eigenvalue weighted by atomic mass is 10.1. The number of rotatable bonds is 3. The Kier molecular flexibility index (Phi) is 4.97. The van der Waals surface area contributed by atoms with Crippen molar-refractivity contribution in [2.75, 3.05) is 18.4 Å². The minimum atomic E-state index is -0.232. The summed E-state index contributed by atoms with van der Waals surface area (Å²) >= 11 is 0. The molecule has 0 bridgehead atoms. The third-order valence-electron chi connectivity index (χ3n) is 5.44. The Bertz CT molecular complexity index is 865. The van der Waals surface area contributed by atoms with E-state index in [9.17, 15) is 9.59 Å². The van der Waals surface area contributed by atoms with E-state index >= 15 is 0 Å². The van der Waals surface area contributed by atoms with Gasteiger partial charge in [-0.05, 0) is 63.1 Å². The molecule has 2 aliphatic rings. The van der Waals surface area contributed by atoms with E-state index in [0.29, 0.717) is 11.5 Å². The molecule has 1 aromatic carbocycles. The lowest BCUT2D eigenvalue weighted by molar-refractivity contribution is 0.0705. The van der Waals surface area contributed by atoms with Gasteiger partial charge in [0, 0.05) is 25.3 Å². The number of benzene rings is 1. The van der Waals surface area contributed by atoms with Crippen LogP contribution in [-0.4, -0.2) is 39.4 Å². The molecular formula is C21H26N4O2. The zero-order valence-corrected chi connectivity index (χ0v) is 15.8. The largest absolute Gasteiger partial charge is 0.336 e. The first kappa shape index (κ1) is 17.8. The second kappa shape index (κ2) is 7.55. The van der Waals surface area contributed by atoms with Gasteiger partial charge in [0.05, 0.1) is 5.69 Å². The summed E-state index contributed by atoms with van der Waals surface area (Å²) in [6.45, 7) is 4.32. The first-order valence-corrected chi connectivity index (χ1v) is 9.90. The van der Waals surface area contributed by atoms with E-state index in [4.69, 9.17) is 0 Å². The molecule has 2 aromatic rings. The summed E-state index contributed by atoms with van der Waals surface area (Å²) in [6, 6.07) is 7.70. The summed E-state index contributed by atoms with van der Waals surface area (Å²) in [6.07, 6.45) is 6.08. The molecule has 6 nitrogen and oxygen atoms in total. The highest BCUT2D eigenvalue weighted by molar-refractivity contribution is 6.05. The average molecular weight is 366 g/mol. The number of nitrogens with one attached hydrogen (secondary N) is 1. The quantitative estimate of drug-likeness (QED) is 0.905. The standard InChI is InChI=1S/C21H26N4O2/c1-15-8-7-9-16(14-15)22-20(26)18-17-10-3-6-13-25(17)19(23-18)21(27)24-11-4-2-5-12-24/h7-9,14H,2-6,10-13H2,1H3,(H,22,26). The van der Waals surface area contributed by atoms with Crippen molar-refractivity contribution < 1.29 is 9.59 Å². The molecule has 142 valence electrons. The average Bonchev–Trinajstić information content (AvgIpc) is 3.08.